The highest BCUT2D eigenvalue weighted by Crippen LogP contribution is 2.17. The minimum absolute atomic E-state index is 0.182. The first kappa shape index (κ1) is 19.2. The molecule has 1 aliphatic rings. The van der Waals surface area contributed by atoms with E-state index in [0.717, 1.165) is 24.8 Å². The van der Waals surface area contributed by atoms with Crippen LogP contribution in [-0.4, -0.2) is 37.6 Å². The molecule has 1 heterocycles. The first-order valence-corrected chi connectivity index (χ1v) is 8.55. The Balaban J connectivity index is 1.67. The molecular formula is C18H24NO6-. The number of carboxylic acids is 1. The number of carbonyl (C=O) groups excluding carboxylic acids is 2. The average molecular weight is 350 g/mol. The Morgan fingerprint density at radius 1 is 1.28 bits per heavy atom. The van der Waals surface area contributed by atoms with E-state index in [0.29, 0.717) is 13.0 Å². The number of aliphatic carboxylic acids is 1. The van der Waals surface area contributed by atoms with Gasteiger partial charge in [0.2, 0.25) is 0 Å². The maximum atomic E-state index is 11.7. The fraction of sp³-hybridized carbons (Fsp3) is 0.556. The summed E-state index contributed by atoms with van der Waals surface area (Å²) in [6, 6.07) is 9.34. The number of hydrogen-bond acceptors (Lipinski definition) is 6. The third-order valence-electron chi connectivity index (χ3n) is 3.82. The van der Waals surface area contributed by atoms with Gasteiger partial charge in [0.25, 0.3) is 0 Å². The van der Waals surface area contributed by atoms with E-state index in [1.165, 1.54) is 0 Å². The monoisotopic (exact) mass is 350 g/mol. The van der Waals surface area contributed by atoms with Gasteiger partial charge in [-0.05, 0) is 31.2 Å². The van der Waals surface area contributed by atoms with E-state index in [2.05, 4.69) is 5.32 Å². The third-order valence-corrected chi connectivity index (χ3v) is 3.82. The normalized spacial score (nSPS) is 18.3. The van der Waals surface area contributed by atoms with E-state index >= 15 is 0 Å². The first-order valence-electron chi connectivity index (χ1n) is 8.55. The lowest BCUT2D eigenvalue weighted by atomic mass is 10.1. The highest BCUT2D eigenvalue weighted by Gasteiger charge is 2.20. The van der Waals surface area contributed by atoms with Crippen molar-refractivity contribution in [2.45, 2.75) is 51.1 Å². The molecule has 1 N–H and O–H groups in total. The Kier molecular flexibility index (Phi) is 8.21. The summed E-state index contributed by atoms with van der Waals surface area (Å²) < 4.78 is 16.2. The van der Waals surface area contributed by atoms with E-state index in [-0.39, 0.29) is 25.9 Å². The predicted molar refractivity (Wildman–Crippen MR) is 87.3 cm³/mol. The second-order valence-corrected chi connectivity index (χ2v) is 5.91. The van der Waals surface area contributed by atoms with Crippen LogP contribution in [0.1, 0.15) is 37.7 Å². The molecule has 0 bridgehead atoms. The van der Waals surface area contributed by atoms with Crippen molar-refractivity contribution < 1.29 is 28.9 Å². The maximum absolute atomic E-state index is 11.7. The molecule has 2 unspecified atom stereocenters. The van der Waals surface area contributed by atoms with Gasteiger partial charge >= 0.3 is 6.09 Å². The van der Waals surface area contributed by atoms with Crippen LogP contribution in [0, 0.1) is 0 Å². The van der Waals surface area contributed by atoms with Crippen molar-refractivity contribution >= 4 is 12.1 Å². The van der Waals surface area contributed by atoms with Gasteiger partial charge in [0.15, 0.2) is 6.29 Å². The highest BCUT2D eigenvalue weighted by molar-refractivity contribution is 5.67. The molecule has 0 spiro atoms. The number of amides is 1. The lowest BCUT2D eigenvalue weighted by Crippen LogP contribution is -2.36. The van der Waals surface area contributed by atoms with Gasteiger partial charge in [-0.15, -0.1) is 0 Å². The zero-order valence-corrected chi connectivity index (χ0v) is 14.1. The molecule has 1 aromatic rings. The van der Waals surface area contributed by atoms with Gasteiger partial charge in [-0.25, -0.2) is 4.79 Å². The molecule has 0 aliphatic carbocycles. The second-order valence-electron chi connectivity index (χ2n) is 5.91. The Bertz CT molecular complexity index is 530. The van der Waals surface area contributed by atoms with E-state index in [1.807, 2.05) is 30.3 Å². The van der Waals surface area contributed by atoms with Crippen molar-refractivity contribution in [3.8, 4) is 0 Å². The van der Waals surface area contributed by atoms with Crippen LogP contribution < -0.4 is 10.4 Å². The minimum Gasteiger partial charge on any atom is -0.550 e. The van der Waals surface area contributed by atoms with Crippen LogP contribution in [-0.2, 0) is 25.6 Å². The molecular weight excluding hydrogens is 326 g/mol. The summed E-state index contributed by atoms with van der Waals surface area (Å²) in [5, 5.41) is 13.5. The molecule has 1 amide bonds. The number of benzene rings is 1. The number of alkyl carbamates (subject to hydrolysis) is 1. The van der Waals surface area contributed by atoms with Gasteiger partial charge in [-0.1, -0.05) is 30.3 Å². The van der Waals surface area contributed by atoms with Crippen molar-refractivity contribution in [3.05, 3.63) is 35.9 Å². The smallest absolute Gasteiger partial charge is 0.407 e. The van der Waals surface area contributed by atoms with Gasteiger partial charge in [0, 0.05) is 25.5 Å². The highest BCUT2D eigenvalue weighted by atomic mass is 16.7. The van der Waals surface area contributed by atoms with Crippen LogP contribution in [0.15, 0.2) is 30.3 Å². The van der Waals surface area contributed by atoms with E-state index in [4.69, 9.17) is 14.2 Å². The molecule has 7 nitrogen and oxygen atoms in total. The number of ether oxygens (including phenoxy) is 3. The van der Waals surface area contributed by atoms with E-state index in [1.54, 1.807) is 0 Å². The lowest BCUT2D eigenvalue weighted by Gasteiger charge is -2.28. The van der Waals surface area contributed by atoms with Gasteiger partial charge in [-0.2, -0.15) is 0 Å². The summed E-state index contributed by atoms with van der Waals surface area (Å²) in [6.45, 7) is 1.05. The summed E-state index contributed by atoms with van der Waals surface area (Å²) in [4.78, 5) is 22.5. The van der Waals surface area contributed by atoms with Crippen molar-refractivity contribution in [3.63, 3.8) is 0 Å². The predicted octanol–water partition coefficient (Wildman–Crippen LogP) is 1.35. The summed E-state index contributed by atoms with van der Waals surface area (Å²) in [5.41, 5.74) is 0.894. The van der Waals surface area contributed by atoms with Crippen LogP contribution in [0.2, 0.25) is 0 Å². The largest absolute Gasteiger partial charge is 0.550 e. The molecule has 25 heavy (non-hydrogen) atoms. The van der Waals surface area contributed by atoms with Crippen molar-refractivity contribution in [1.82, 2.24) is 5.32 Å². The molecule has 0 radical (unpaired) electrons. The van der Waals surface area contributed by atoms with Crippen molar-refractivity contribution in [1.29, 1.82) is 0 Å². The Labute approximate surface area is 147 Å². The van der Waals surface area contributed by atoms with Crippen molar-refractivity contribution in [2.24, 2.45) is 0 Å². The summed E-state index contributed by atoms with van der Waals surface area (Å²) in [5.74, 6) is -1.19. The number of nitrogens with one attached hydrogen (secondary N) is 1. The van der Waals surface area contributed by atoms with Crippen LogP contribution in [0.3, 0.4) is 0 Å². The molecule has 1 aromatic carbocycles. The topological polar surface area (TPSA) is 96.9 Å². The molecule has 1 fully saturated rings. The zero-order valence-electron chi connectivity index (χ0n) is 14.1. The Morgan fingerprint density at radius 3 is 2.76 bits per heavy atom. The number of hydrogen-bond donors (Lipinski definition) is 1. The molecule has 2 atom stereocenters. The number of rotatable bonds is 9. The van der Waals surface area contributed by atoms with Crippen LogP contribution in [0.5, 0.6) is 0 Å². The second kappa shape index (κ2) is 10.7. The standard InChI is InChI=1S/C18H25NO6/c20-16(21)12-15(25-17-8-4-5-11-23-17)9-10-19-18(22)24-13-14-6-2-1-3-7-14/h1-3,6-7,15,17H,4-5,8-13H2,(H,19,22)(H,20,21)/p-1. The summed E-state index contributed by atoms with van der Waals surface area (Å²) in [6.07, 6.45) is 1.33. The third kappa shape index (κ3) is 8.00. The number of carboxylic acid groups (broad SMARTS) is 1. The fourth-order valence-corrected chi connectivity index (χ4v) is 2.55. The average Bonchev–Trinajstić information content (AvgIpc) is 2.61. The van der Waals surface area contributed by atoms with E-state index < -0.39 is 18.2 Å². The maximum Gasteiger partial charge on any atom is 0.407 e. The van der Waals surface area contributed by atoms with Crippen LogP contribution in [0.4, 0.5) is 4.79 Å². The fourth-order valence-electron chi connectivity index (χ4n) is 2.55. The van der Waals surface area contributed by atoms with Gasteiger partial charge in [-0.3, -0.25) is 0 Å². The quantitative estimate of drug-likeness (QED) is 0.722. The summed E-state index contributed by atoms with van der Waals surface area (Å²) >= 11 is 0. The Hall–Kier alpha value is -2.12. The SMILES string of the molecule is O=C([O-])CC(CCNC(=O)OCc1ccccc1)OC1CCCCO1. The molecule has 0 saturated carbocycles. The van der Waals surface area contributed by atoms with Crippen LogP contribution in [0.25, 0.3) is 0 Å². The molecule has 1 saturated heterocycles. The van der Waals surface area contributed by atoms with Crippen LogP contribution >= 0.6 is 0 Å². The lowest BCUT2D eigenvalue weighted by molar-refractivity contribution is -0.309. The van der Waals surface area contributed by atoms with Crippen molar-refractivity contribution in [2.75, 3.05) is 13.2 Å². The number of carbonyl (C=O) groups is 2. The van der Waals surface area contributed by atoms with Gasteiger partial charge in [0.1, 0.15) is 6.61 Å². The van der Waals surface area contributed by atoms with Gasteiger partial charge < -0.3 is 29.4 Å². The minimum atomic E-state index is -1.19. The molecule has 138 valence electrons. The molecule has 1 aliphatic heterocycles. The molecule has 0 aromatic heterocycles. The van der Waals surface area contributed by atoms with E-state index in [9.17, 15) is 14.7 Å². The summed E-state index contributed by atoms with van der Waals surface area (Å²) in [7, 11) is 0. The molecule has 2 rings (SSSR count). The zero-order chi connectivity index (χ0) is 17.9. The van der Waals surface area contributed by atoms with Gasteiger partial charge in [0.05, 0.1) is 6.10 Å². The first-order chi connectivity index (χ1) is 12.1. The Morgan fingerprint density at radius 2 is 2.08 bits per heavy atom. The molecule has 7 heteroatoms.